The second-order valence-corrected chi connectivity index (χ2v) is 4.77. The summed E-state index contributed by atoms with van der Waals surface area (Å²) in [7, 11) is 0. The van der Waals surface area contributed by atoms with Crippen molar-refractivity contribution in [2.45, 2.75) is 0 Å². The number of benzene rings is 1. The minimum absolute atomic E-state index is 0.359. The predicted octanol–water partition coefficient (Wildman–Crippen LogP) is 3.01. The number of thiocarbonyl (C=S) groups is 1. The van der Waals surface area contributed by atoms with E-state index in [-0.39, 0.29) is 0 Å². The molecule has 0 saturated carbocycles. The Morgan fingerprint density at radius 2 is 1.95 bits per heavy atom. The molecule has 0 fully saturated rings. The van der Waals surface area contributed by atoms with Crippen molar-refractivity contribution >= 4 is 39.6 Å². The molecule has 3 rings (SSSR count). The summed E-state index contributed by atoms with van der Waals surface area (Å²) in [6, 6.07) is 13.5. The van der Waals surface area contributed by atoms with E-state index in [0.717, 1.165) is 22.2 Å². The van der Waals surface area contributed by atoms with Crippen molar-refractivity contribution in [1.82, 2.24) is 9.97 Å². The van der Waals surface area contributed by atoms with Crippen molar-refractivity contribution in [3.05, 3.63) is 60.4 Å². The summed E-state index contributed by atoms with van der Waals surface area (Å²) in [6.07, 6.45) is 3.46. The molecule has 3 aromatic rings. The normalized spacial score (nSPS) is 10.4. The van der Waals surface area contributed by atoms with Gasteiger partial charge in [-0.05, 0) is 36.4 Å². The monoisotopic (exact) mass is 280 g/mol. The van der Waals surface area contributed by atoms with Gasteiger partial charge in [-0.2, -0.15) is 0 Å². The number of nitrogens with one attached hydrogen (secondary N) is 1. The Labute approximate surface area is 121 Å². The lowest BCUT2D eigenvalue weighted by atomic mass is 10.2. The number of aromatic nitrogens is 2. The maximum Gasteiger partial charge on any atom is 0.130 e. The summed E-state index contributed by atoms with van der Waals surface area (Å²) in [5.74, 6) is 0.707. The van der Waals surface area contributed by atoms with Crippen LogP contribution in [0.2, 0.25) is 0 Å². The Balaban J connectivity index is 1.92. The summed E-state index contributed by atoms with van der Waals surface area (Å²) < 4.78 is 0. The van der Waals surface area contributed by atoms with Gasteiger partial charge in [-0.15, -0.1) is 0 Å². The van der Waals surface area contributed by atoms with Crippen molar-refractivity contribution in [3.63, 3.8) is 0 Å². The maximum atomic E-state index is 5.62. The fraction of sp³-hybridized carbons (Fsp3) is 0. The molecule has 98 valence electrons. The number of hydrogen-bond donors (Lipinski definition) is 2. The molecule has 0 radical (unpaired) electrons. The molecular weight excluding hydrogens is 268 g/mol. The maximum absolute atomic E-state index is 5.62. The van der Waals surface area contributed by atoms with E-state index in [9.17, 15) is 0 Å². The van der Waals surface area contributed by atoms with Crippen LogP contribution >= 0.6 is 12.2 Å². The molecule has 1 aromatic carbocycles. The van der Waals surface area contributed by atoms with Gasteiger partial charge >= 0.3 is 0 Å². The Hall–Kier alpha value is -2.53. The van der Waals surface area contributed by atoms with Crippen molar-refractivity contribution < 1.29 is 0 Å². The summed E-state index contributed by atoms with van der Waals surface area (Å²) >= 11 is 4.96. The Morgan fingerprint density at radius 1 is 1.05 bits per heavy atom. The number of anilines is 2. The lowest BCUT2D eigenvalue weighted by Gasteiger charge is -2.07. The highest BCUT2D eigenvalue weighted by Crippen LogP contribution is 2.20. The second-order valence-electron chi connectivity index (χ2n) is 4.33. The third-order valence-electron chi connectivity index (χ3n) is 2.92. The van der Waals surface area contributed by atoms with E-state index in [0.29, 0.717) is 10.8 Å². The Kier molecular flexibility index (Phi) is 3.26. The first-order chi connectivity index (χ1) is 9.72. The van der Waals surface area contributed by atoms with Crippen LogP contribution in [-0.2, 0) is 0 Å². The molecule has 0 aliphatic heterocycles. The van der Waals surface area contributed by atoms with Crippen LogP contribution in [0.5, 0.6) is 0 Å². The first-order valence-electron chi connectivity index (χ1n) is 6.10. The van der Waals surface area contributed by atoms with Gasteiger partial charge in [0, 0.05) is 29.0 Å². The summed E-state index contributed by atoms with van der Waals surface area (Å²) in [6.45, 7) is 0. The van der Waals surface area contributed by atoms with E-state index in [1.807, 2.05) is 36.4 Å². The lowest BCUT2D eigenvalue weighted by Crippen LogP contribution is -2.09. The van der Waals surface area contributed by atoms with Gasteiger partial charge in [0.15, 0.2) is 0 Å². The number of rotatable bonds is 3. The SMILES string of the molecule is NC(=S)c1ccnc(Nc2ccc3ncccc3c2)c1. The van der Waals surface area contributed by atoms with Gasteiger partial charge in [0.1, 0.15) is 10.8 Å². The minimum Gasteiger partial charge on any atom is -0.389 e. The van der Waals surface area contributed by atoms with Crippen molar-refractivity contribution in [3.8, 4) is 0 Å². The summed E-state index contributed by atoms with van der Waals surface area (Å²) in [5, 5.41) is 4.31. The van der Waals surface area contributed by atoms with Crippen molar-refractivity contribution in [1.29, 1.82) is 0 Å². The molecule has 5 heteroatoms. The van der Waals surface area contributed by atoms with Crippen molar-refractivity contribution in [2.75, 3.05) is 5.32 Å². The smallest absolute Gasteiger partial charge is 0.130 e. The van der Waals surface area contributed by atoms with Gasteiger partial charge in [0.2, 0.25) is 0 Å². The molecule has 0 spiro atoms. The quantitative estimate of drug-likeness (QED) is 0.722. The molecular formula is C15H12N4S. The molecule has 20 heavy (non-hydrogen) atoms. The number of nitrogens with zero attached hydrogens (tertiary/aromatic N) is 2. The summed E-state index contributed by atoms with van der Waals surface area (Å²) in [5.41, 5.74) is 8.31. The molecule has 0 bridgehead atoms. The molecule has 2 aromatic heterocycles. The molecule has 2 heterocycles. The molecule has 0 unspecified atom stereocenters. The fourth-order valence-corrected chi connectivity index (χ4v) is 2.08. The van der Waals surface area contributed by atoms with Gasteiger partial charge < -0.3 is 11.1 Å². The predicted molar refractivity (Wildman–Crippen MR) is 85.2 cm³/mol. The average molecular weight is 280 g/mol. The number of pyridine rings is 2. The van der Waals surface area contributed by atoms with Gasteiger partial charge in [-0.1, -0.05) is 18.3 Å². The fourth-order valence-electron chi connectivity index (χ4n) is 1.95. The molecule has 0 aliphatic carbocycles. The lowest BCUT2D eigenvalue weighted by molar-refractivity contribution is 1.30. The van der Waals surface area contributed by atoms with Crippen LogP contribution in [0.25, 0.3) is 10.9 Å². The number of nitrogens with two attached hydrogens (primary N) is 1. The zero-order valence-electron chi connectivity index (χ0n) is 10.6. The van der Waals surface area contributed by atoms with E-state index < -0.39 is 0 Å². The van der Waals surface area contributed by atoms with Crippen LogP contribution in [0, 0.1) is 0 Å². The Morgan fingerprint density at radius 3 is 2.80 bits per heavy atom. The first kappa shape index (κ1) is 12.5. The van der Waals surface area contributed by atoms with Crippen LogP contribution in [0.3, 0.4) is 0 Å². The van der Waals surface area contributed by atoms with E-state index in [1.54, 1.807) is 18.5 Å². The van der Waals surface area contributed by atoms with Gasteiger partial charge in [0.25, 0.3) is 0 Å². The third-order valence-corrected chi connectivity index (χ3v) is 3.16. The van der Waals surface area contributed by atoms with Gasteiger partial charge in [-0.25, -0.2) is 4.98 Å². The third kappa shape index (κ3) is 2.57. The van der Waals surface area contributed by atoms with E-state index in [2.05, 4.69) is 15.3 Å². The van der Waals surface area contributed by atoms with Crippen LogP contribution in [0.1, 0.15) is 5.56 Å². The van der Waals surface area contributed by atoms with E-state index >= 15 is 0 Å². The largest absolute Gasteiger partial charge is 0.389 e. The zero-order chi connectivity index (χ0) is 13.9. The molecule has 3 N–H and O–H groups in total. The Bertz CT molecular complexity index is 785. The standard InChI is InChI=1S/C15H12N4S/c16-15(20)11-5-7-18-14(9-11)19-12-3-4-13-10(8-12)2-1-6-17-13/h1-9H,(H2,16,20)(H,18,19). The number of fused-ring (bicyclic) bond motifs is 1. The second kappa shape index (κ2) is 5.22. The van der Waals surface area contributed by atoms with Crippen LogP contribution in [0.15, 0.2) is 54.9 Å². The zero-order valence-corrected chi connectivity index (χ0v) is 11.4. The molecule has 4 nitrogen and oxygen atoms in total. The van der Waals surface area contributed by atoms with E-state index in [4.69, 9.17) is 18.0 Å². The summed E-state index contributed by atoms with van der Waals surface area (Å²) in [4.78, 5) is 8.90. The molecule has 0 aliphatic rings. The first-order valence-corrected chi connectivity index (χ1v) is 6.51. The minimum atomic E-state index is 0.359. The van der Waals surface area contributed by atoms with E-state index in [1.165, 1.54) is 0 Å². The highest BCUT2D eigenvalue weighted by atomic mass is 32.1. The topological polar surface area (TPSA) is 63.8 Å². The average Bonchev–Trinajstić information content (AvgIpc) is 2.47. The highest BCUT2D eigenvalue weighted by Gasteiger charge is 2.01. The van der Waals surface area contributed by atoms with Crippen LogP contribution in [-0.4, -0.2) is 15.0 Å². The van der Waals surface area contributed by atoms with Gasteiger partial charge in [0.05, 0.1) is 5.52 Å². The molecule has 0 atom stereocenters. The molecule has 0 amide bonds. The highest BCUT2D eigenvalue weighted by molar-refractivity contribution is 7.80. The molecule has 0 saturated heterocycles. The van der Waals surface area contributed by atoms with Crippen LogP contribution in [0.4, 0.5) is 11.5 Å². The van der Waals surface area contributed by atoms with Gasteiger partial charge in [-0.3, -0.25) is 4.98 Å². The van der Waals surface area contributed by atoms with Crippen molar-refractivity contribution in [2.24, 2.45) is 5.73 Å². The number of hydrogen-bond acceptors (Lipinski definition) is 4. The van der Waals surface area contributed by atoms with Crippen LogP contribution < -0.4 is 11.1 Å².